The first-order valence-electron chi connectivity index (χ1n) is 10.3. The quantitative estimate of drug-likeness (QED) is 0.403. The van der Waals surface area contributed by atoms with E-state index in [4.69, 9.17) is 17.3 Å². The second kappa shape index (κ2) is 8.26. The molecule has 32 heavy (non-hydrogen) atoms. The lowest BCUT2D eigenvalue weighted by Gasteiger charge is -2.17. The number of nitrogens with two attached hydrogens (primary N) is 1. The van der Waals surface area contributed by atoms with Gasteiger partial charge in [-0.2, -0.15) is 0 Å². The minimum atomic E-state index is -0.762. The lowest BCUT2D eigenvalue weighted by molar-refractivity contribution is 0.433. The Morgan fingerprint density at radius 3 is 2.69 bits per heavy atom. The SMILES string of the molecule is NC1CCN(c2ccc(Nc3ccnc4ccc(-c5cc(F)c(O)c(Cl)c5)cc34)cn2)C1. The van der Waals surface area contributed by atoms with Gasteiger partial charge in [0.1, 0.15) is 5.82 Å². The van der Waals surface area contributed by atoms with Gasteiger partial charge in [0.25, 0.3) is 0 Å². The maximum Gasteiger partial charge on any atom is 0.170 e. The monoisotopic (exact) mass is 449 g/mol. The minimum absolute atomic E-state index is 0.0326. The van der Waals surface area contributed by atoms with Crippen molar-refractivity contribution < 1.29 is 9.50 Å². The summed E-state index contributed by atoms with van der Waals surface area (Å²) < 4.78 is 14.0. The van der Waals surface area contributed by atoms with Gasteiger partial charge in [-0.3, -0.25) is 4.98 Å². The minimum Gasteiger partial charge on any atom is -0.504 e. The molecule has 162 valence electrons. The average Bonchev–Trinajstić information content (AvgIpc) is 3.24. The Kier molecular flexibility index (Phi) is 5.28. The number of halogens is 2. The van der Waals surface area contributed by atoms with Crippen LogP contribution in [0.2, 0.25) is 5.02 Å². The number of anilines is 3. The molecule has 1 aliphatic rings. The maximum atomic E-state index is 14.0. The smallest absolute Gasteiger partial charge is 0.170 e. The Labute approximate surface area is 189 Å². The van der Waals surface area contributed by atoms with Crippen LogP contribution in [0.3, 0.4) is 0 Å². The molecular formula is C24H21ClFN5O. The Morgan fingerprint density at radius 1 is 1.09 bits per heavy atom. The maximum absolute atomic E-state index is 14.0. The number of aromatic hydroxyl groups is 1. The van der Waals surface area contributed by atoms with Crippen LogP contribution in [0, 0.1) is 5.82 Å². The number of benzene rings is 2. The number of pyridine rings is 2. The number of phenols is 1. The molecule has 0 radical (unpaired) electrons. The van der Waals surface area contributed by atoms with E-state index >= 15 is 0 Å². The molecule has 4 N–H and O–H groups in total. The van der Waals surface area contributed by atoms with E-state index in [0.717, 1.165) is 53.2 Å². The van der Waals surface area contributed by atoms with Crippen LogP contribution in [-0.2, 0) is 0 Å². The van der Waals surface area contributed by atoms with Crippen molar-refractivity contribution in [3.63, 3.8) is 0 Å². The van der Waals surface area contributed by atoms with E-state index in [-0.39, 0.29) is 11.1 Å². The van der Waals surface area contributed by atoms with E-state index in [2.05, 4.69) is 20.2 Å². The topological polar surface area (TPSA) is 87.3 Å². The van der Waals surface area contributed by atoms with Crippen LogP contribution in [0.25, 0.3) is 22.0 Å². The lowest BCUT2D eigenvalue weighted by atomic mass is 10.0. The van der Waals surface area contributed by atoms with E-state index in [0.29, 0.717) is 5.56 Å². The van der Waals surface area contributed by atoms with Crippen LogP contribution >= 0.6 is 11.6 Å². The van der Waals surface area contributed by atoms with Gasteiger partial charge in [-0.25, -0.2) is 9.37 Å². The molecule has 1 fully saturated rings. The van der Waals surface area contributed by atoms with E-state index in [1.165, 1.54) is 12.1 Å². The summed E-state index contributed by atoms with van der Waals surface area (Å²) in [6, 6.07) is 14.5. The van der Waals surface area contributed by atoms with E-state index in [1.54, 1.807) is 12.4 Å². The van der Waals surface area contributed by atoms with Crippen molar-refractivity contribution in [2.75, 3.05) is 23.3 Å². The second-order valence-electron chi connectivity index (χ2n) is 7.90. The van der Waals surface area contributed by atoms with E-state index in [1.807, 2.05) is 36.4 Å². The molecule has 0 spiro atoms. The number of hydrogen-bond donors (Lipinski definition) is 3. The van der Waals surface area contributed by atoms with Crippen LogP contribution in [0.1, 0.15) is 6.42 Å². The van der Waals surface area contributed by atoms with Crippen molar-refractivity contribution in [1.82, 2.24) is 9.97 Å². The molecule has 1 atom stereocenters. The summed E-state index contributed by atoms with van der Waals surface area (Å²) in [4.78, 5) is 11.2. The van der Waals surface area contributed by atoms with Gasteiger partial charge in [-0.1, -0.05) is 17.7 Å². The summed E-state index contributed by atoms with van der Waals surface area (Å²) >= 11 is 5.96. The summed E-state index contributed by atoms with van der Waals surface area (Å²) in [6.07, 6.45) is 4.50. The number of nitrogens with zero attached hydrogens (tertiary/aromatic N) is 3. The number of phenolic OH excluding ortho intramolecular Hbond substituents is 1. The highest BCUT2D eigenvalue weighted by Gasteiger charge is 2.20. The zero-order valence-corrected chi connectivity index (χ0v) is 17.9. The summed E-state index contributed by atoms with van der Waals surface area (Å²) in [5.41, 5.74) is 9.80. The van der Waals surface area contributed by atoms with Gasteiger partial charge in [0, 0.05) is 36.4 Å². The first kappa shape index (κ1) is 20.5. The molecule has 1 saturated heterocycles. The highest BCUT2D eigenvalue weighted by Crippen LogP contribution is 2.35. The third kappa shape index (κ3) is 3.92. The summed E-state index contributed by atoms with van der Waals surface area (Å²) in [5, 5.41) is 13.8. The number of nitrogens with one attached hydrogen (secondary N) is 1. The Bertz CT molecular complexity index is 1270. The first-order valence-corrected chi connectivity index (χ1v) is 10.7. The van der Waals surface area contributed by atoms with Crippen LogP contribution in [-0.4, -0.2) is 34.2 Å². The van der Waals surface area contributed by atoms with Crippen LogP contribution in [0.4, 0.5) is 21.6 Å². The van der Waals surface area contributed by atoms with Gasteiger partial charge in [-0.15, -0.1) is 0 Å². The fourth-order valence-electron chi connectivity index (χ4n) is 3.96. The largest absolute Gasteiger partial charge is 0.504 e. The van der Waals surface area contributed by atoms with Crippen LogP contribution in [0.5, 0.6) is 5.75 Å². The second-order valence-corrected chi connectivity index (χ2v) is 8.31. The third-order valence-electron chi connectivity index (χ3n) is 5.67. The Morgan fingerprint density at radius 2 is 1.97 bits per heavy atom. The molecule has 3 heterocycles. The van der Waals surface area contributed by atoms with E-state index in [9.17, 15) is 9.50 Å². The van der Waals surface area contributed by atoms with Gasteiger partial charge >= 0.3 is 0 Å². The average molecular weight is 450 g/mol. The normalized spacial score (nSPS) is 16.0. The molecule has 2 aromatic heterocycles. The number of fused-ring (bicyclic) bond motifs is 1. The van der Waals surface area contributed by atoms with Crippen molar-refractivity contribution in [3.8, 4) is 16.9 Å². The van der Waals surface area contributed by atoms with Crippen molar-refractivity contribution in [2.24, 2.45) is 5.73 Å². The zero-order valence-electron chi connectivity index (χ0n) is 17.1. The van der Waals surface area contributed by atoms with Crippen molar-refractivity contribution >= 4 is 39.7 Å². The van der Waals surface area contributed by atoms with Gasteiger partial charge < -0.3 is 21.1 Å². The molecule has 6 nitrogen and oxygen atoms in total. The molecule has 1 unspecified atom stereocenters. The summed E-state index contributed by atoms with van der Waals surface area (Å²) in [7, 11) is 0. The predicted octanol–water partition coefficient (Wildman–Crippen LogP) is 5.08. The highest BCUT2D eigenvalue weighted by atomic mass is 35.5. The Balaban J connectivity index is 1.46. The Hall–Kier alpha value is -3.42. The van der Waals surface area contributed by atoms with Gasteiger partial charge in [-0.05, 0) is 60.0 Å². The lowest BCUT2D eigenvalue weighted by Crippen LogP contribution is -2.26. The third-order valence-corrected chi connectivity index (χ3v) is 5.96. The number of hydrogen-bond acceptors (Lipinski definition) is 6. The predicted molar refractivity (Wildman–Crippen MR) is 126 cm³/mol. The van der Waals surface area contributed by atoms with Crippen molar-refractivity contribution in [2.45, 2.75) is 12.5 Å². The van der Waals surface area contributed by atoms with Crippen molar-refractivity contribution in [3.05, 3.63) is 71.8 Å². The number of rotatable bonds is 4. The van der Waals surface area contributed by atoms with Crippen LogP contribution in [0.15, 0.2) is 60.9 Å². The van der Waals surface area contributed by atoms with Crippen molar-refractivity contribution in [1.29, 1.82) is 0 Å². The molecule has 0 amide bonds. The van der Waals surface area contributed by atoms with Crippen LogP contribution < -0.4 is 16.0 Å². The number of aromatic nitrogens is 2. The molecule has 0 saturated carbocycles. The van der Waals surface area contributed by atoms with Gasteiger partial charge in [0.2, 0.25) is 0 Å². The fourth-order valence-corrected chi connectivity index (χ4v) is 4.17. The molecule has 8 heteroatoms. The molecule has 1 aliphatic heterocycles. The molecule has 0 aliphatic carbocycles. The molecule has 5 rings (SSSR count). The van der Waals surface area contributed by atoms with Gasteiger partial charge in [0.05, 0.1) is 22.4 Å². The molecular weight excluding hydrogens is 429 g/mol. The van der Waals surface area contributed by atoms with E-state index < -0.39 is 11.6 Å². The summed E-state index contributed by atoms with van der Waals surface area (Å²) in [6.45, 7) is 1.74. The highest BCUT2D eigenvalue weighted by molar-refractivity contribution is 6.32. The standard InChI is InChI=1S/C24H21ClFN5O/c25-19-10-15(11-20(26)24(19)32)14-1-3-21-18(9-14)22(5-7-28-21)30-17-2-4-23(29-12-17)31-8-6-16(27)13-31/h1-5,7,9-12,16,32H,6,8,13,27H2,(H,28,30). The summed E-state index contributed by atoms with van der Waals surface area (Å²) in [5.74, 6) is -0.397. The molecule has 2 aromatic carbocycles. The van der Waals surface area contributed by atoms with Gasteiger partial charge in [0.15, 0.2) is 11.6 Å². The molecule has 4 aromatic rings. The first-order chi connectivity index (χ1) is 15.5. The zero-order chi connectivity index (χ0) is 22.2. The fraction of sp³-hybridized carbons (Fsp3) is 0.167. The molecule has 0 bridgehead atoms.